The highest BCUT2D eigenvalue weighted by atomic mass is 32.2. The third-order valence-corrected chi connectivity index (χ3v) is 5.46. The molecule has 0 spiro atoms. The maximum atomic E-state index is 12.4. The Morgan fingerprint density at radius 3 is 2.82 bits per heavy atom. The summed E-state index contributed by atoms with van der Waals surface area (Å²) in [6, 6.07) is 6.88. The Bertz CT molecular complexity index is 779. The van der Waals surface area contributed by atoms with E-state index in [9.17, 15) is 13.2 Å². The van der Waals surface area contributed by atoms with Crippen molar-refractivity contribution in [3.8, 4) is 0 Å². The number of esters is 1. The Morgan fingerprint density at radius 2 is 2.18 bits per heavy atom. The lowest BCUT2D eigenvalue weighted by molar-refractivity contribution is 0.0595. The Hall–Kier alpha value is -2.19. The first-order valence-corrected chi connectivity index (χ1v) is 8.14. The van der Waals surface area contributed by atoms with Crippen LogP contribution in [-0.4, -0.2) is 48.9 Å². The molecule has 2 aromatic rings. The Balaban J connectivity index is 1.73. The van der Waals surface area contributed by atoms with E-state index >= 15 is 0 Å². The second-order valence-corrected chi connectivity index (χ2v) is 6.95. The Kier molecular flexibility index (Phi) is 3.71. The zero-order chi connectivity index (χ0) is 15.7. The largest absolute Gasteiger partial charge is 0.464 e. The van der Waals surface area contributed by atoms with E-state index < -0.39 is 16.0 Å². The molecule has 0 aliphatic carbocycles. The Labute approximate surface area is 128 Å². The van der Waals surface area contributed by atoms with Gasteiger partial charge in [0, 0.05) is 37.1 Å². The number of carbonyl (C=O) groups is 1. The maximum Gasteiger partial charge on any atom is 0.354 e. The lowest BCUT2D eigenvalue weighted by Gasteiger charge is -2.37. The number of nitrogens with one attached hydrogen (secondary N) is 1. The van der Waals surface area contributed by atoms with Crippen LogP contribution in [0.2, 0.25) is 0 Å². The number of hydrogen-bond donors (Lipinski definition) is 1. The van der Waals surface area contributed by atoms with Gasteiger partial charge in [0.2, 0.25) is 10.0 Å². The molecule has 0 unspecified atom stereocenters. The molecule has 3 heterocycles. The van der Waals surface area contributed by atoms with Crippen LogP contribution in [0.1, 0.15) is 22.1 Å². The van der Waals surface area contributed by atoms with Crippen molar-refractivity contribution in [2.45, 2.75) is 10.8 Å². The first-order chi connectivity index (χ1) is 10.5. The molecule has 2 aromatic heterocycles. The van der Waals surface area contributed by atoms with Crippen molar-refractivity contribution in [2.24, 2.45) is 0 Å². The van der Waals surface area contributed by atoms with Crippen molar-refractivity contribution in [2.75, 3.05) is 20.2 Å². The van der Waals surface area contributed by atoms with E-state index in [0.717, 1.165) is 5.69 Å². The summed E-state index contributed by atoms with van der Waals surface area (Å²) in [6.45, 7) is 0.774. The number of H-pyrrole nitrogens is 1. The highest BCUT2D eigenvalue weighted by molar-refractivity contribution is 7.89. The summed E-state index contributed by atoms with van der Waals surface area (Å²) in [5.74, 6) is -0.494. The zero-order valence-electron chi connectivity index (χ0n) is 11.9. The second kappa shape index (κ2) is 5.54. The minimum absolute atomic E-state index is 0.0624. The molecule has 0 bridgehead atoms. The van der Waals surface area contributed by atoms with Gasteiger partial charge in [0.1, 0.15) is 10.6 Å². The molecule has 1 N–H and O–H groups in total. The molecule has 0 amide bonds. The van der Waals surface area contributed by atoms with Gasteiger partial charge in [-0.05, 0) is 18.2 Å². The summed E-state index contributed by atoms with van der Waals surface area (Å²) in [5, 5.41) is 0. The van der Waals surface area contributed by atoms with Gasteiger partial charge in [-0.3, -0.25) is 4.98 Å². The van der Waals surface area contributed by atoms with Gasteiger partial charge in [-0.25, -0.2) is 13.2 Å². The quantitative estimate of drug-likeness (QED) is 0.848. The van der Waals surface area contributed by atoms with Crippen molar-refractivity contribution in [3.05, 3.63) is 48.0 Å². The molecule has 8 heteroatoms. The second-order valence-electron chi connectivity index (χ2n) is 5.01. The van der Waals surface area contributed by atoms with Crippen molar-refractivity contribution in [1.82, 2.24) is 14.3 Å². The average Bonchev–Trinajstić information content (AvgIpc) is 2.96. The van der Waals surface area contributed by atoms with Crippen LogP contribution in [0, 0.1) is 0 Å². The molecule has 3 rings (SSSR count). The zero-order valence-corrected chi connectivity index (χ0v) is 12.7. The van der Waals surface area contributed by atoms with Crippen molar-refractivity contribution in [3.63, 3.8) is 0 Å². The van der Waals surface area contributed by atoms with E-state index in [4.69, 9.17) is 0 Å². The fourth-order valence-electron chi connectivity index (χ4n) is 2.34. The van der Waals surface area contributed by atoms with Gasteiger partial charge in [0.25, 0.3) is 0 Å². The molecule has 1 fully saturated rings. The van der Waals surface area contributed by atoms with Gasteiger partial charge in [-0.15, -0.1) is 0 Å². The van der Waals surface area contributed by atoms with Crippen molar-refractivity contribution in [1.29, 1.82) is 0 Å². The maximum absolute atomic E-state index is 12.4. The lowest BCUT2D eigenvalue weighted by atomic mass is 9.99. The molecular formula is C14H15N3O4S. The van der Waals surface area contributed by atoms with Crippen LogP contribution in [0.3, 0.4) is 0 Å². The summed E-state index contributed by atoms with van der Waals surface area (Å²) in [4.78, 5) is 18.3. The fourth-order valence-corrected chi connectivity index (χ4v) is 3.86. The number of nitrogens with zero attached hydrogens (tertiary/aromatic N) is 2. The number of rotatable bonds is 4. The van der Waals surface area contributed by atoms with E-state index in [0.29, 0.717) is 13.1 Å². The first-order valence-electron chi connectivity index (χ1n) is 6.70. The topological polar surface area (TPSA) is 92.4 Å². The molecule has 7 nitrogen and oxygen atoms in total. The van der Waals surface area contributed by atoms with Crippen LogP contribution >= 0.6 is 0 Å². The summed E-state index contributed by atoms with van der Waals surface area (Å²) >= 11 is 0. The molecule has 0 radical (unpaired) electrons. The molecule has 0 saturated carbocycles. The van der Waals surface area contributed by atoms with Gasteiger partial charge in [0.15, 0.2) is 0 Å². The van der Waals surface area contributed by atoms with Gasteiger partial charge in [0.05, 0.1) is 7.11 Å². The van der Waals surface area contributed by atoms with E-state index in [2.05, 4.69) is 14.7 Å². The summed E-state index contributed by atoms with van der Waals surface area (Å²) in [7, 11) is -2.36. The van der Waals surface area contributed by atoms with E-state index in [1.807, 2.05) is 18.2 Å². The Morgan fingerprint density at radius 1 is 1.41 bits per heavy atom. The molecular weight excluding hydrogens is 306 g/mol. The lowest BCUT2D eigenvalue weighted by Crippen LogP contribution is -2.48. The smallest absolute Gasteiger partial charge is 0.354 e. The number of pyridine rings is 1. The first kappa shape index (κ1) is 14.7. The fraction of sp³-hybridized carbons (Fsp3) is 0.286. The summed E-state index contributed by atoms with van der Waals surface area (Å²) in [5.41, 5.74) is 1.00. The van der Waals surface area contributed by atoms with Crippen molar-refractivity contribution < 1.29 is 17.9 Å². The molecule has 1 aliphatic heterocycles. The van der Waals surface area contributed by atoms with Crippen LogP contribution in [0.25, 0.3) is 0 Å². The molecule has 0 aromatic carbocycles. The third-order valence-electron chi connectivity index (χ3n) is 3.65. The van der Waals surface area contributed by atoms with Gasteiger partial charge in [-0.2, -0.15) is 4.31 Å². The third kappa shape index (κ3) is 2.51. The van der Waals surface area contributed by atoms with Crippen LogP contribution in [0.4, 0.5) is 0 Å². The number of aromatic nitrogens is 2. The standard InChI is InChI=1S/C14H15N3O4S/c1-21-14(18)13-6-11(7-16-13)22(19,20)17-8-10(9-17)12-4-2-3-5-15-12/h2-7,10,16H,8-9H2,1H3. The molecule has 0 atom stereocenters. The average molecular weight is 321 g/mol. The van der Waals surface area contributed by atoms with E-state index in [1.165, 1.54) is 23.7 Å². The number of ether oxygens (including phenoxy) is 1. The normalized spacial score (nSPS) is 16.2. The SMILES string of the molecule is COC(=O)c1cc(S(=O)(=O)N2CC(c3ccccn3)C2)c[nH]1. The van der Waals surface area contributed by atoms with Crippen molar-refractivity contribution >= 4 is 16.0 Å². The predicted molar refractivity (Wildman–Crippen MR) is 77.9 cm³/mol. The van der Waals surface area contributed by atoms with E-state index in [-0.39, 0.29) is 16.5 Å². The predicted octanol–water partition coefficient (Wildman–Crippen LogP) is 0.984. The van der Waals surface area contributed by atoms with Gasteiger partial charge in [-0.1, -0.05) is 6.07 Å². The highest BCUT2D eigenvalue weighted by Crippen LogP contribution is 2.31. The summed E-state index contributed by atoms with van der Waals surface area (Å²) < 4.78 is 30.8. The van der Waals surface area contributed by atoms with Crippen LogP contribution in [0.15, 0.2) is 41.6 Å². The number of carbonyl (C=O) groups excluding carboxylic acids is 1. The molecule has 1 aliphatic rings. The van der Waals surface area contributed by atoms with Gasteiger partial charge < -0.3 is 9.72 Å². The number of hydrogen-bond acceptors (Lipinski definition) is 5. The number of methoxy groups -OCH3 is 1. The molecule has 116 valence electrons. The van der Waals surface area contributed by atoms with E-state index in [1.54, 1.807) is 6.20 Å². The van der Waals surface area contributed by atoms with Gasteiger partial charge >= 0.3 is 5.97 Å². The summed E-state index contributed by atoms with van der Waals surface area (Å²) in [6.07, 6.45) is 3.00. The number of aromatic amines is 1. The monoisotopic (exact) mass is 321 g/mol. The molecule has 22 heavy (non-hydrogen) atoms. The number of sulfonamides is 1. The molecule has 1 saturated heterocycles. The van der Waals surface area contributed by atoms with Crippen LogP contribution in [0.5, 0.6) is 0 Å². The van der Waals surface area contributed by atoms with Crippen LogP contribution < -0.4 is 0 Å². The highest BCUT2D eigenvalue weighted by Gasteiger charge is 2.38. The van der Waals surface area contributed by atoms with Crippen LogP contribution in [-0.2, 0) is 14.8 Å². The minimum atomic E-state index is -3.60. The minimum Gasteiger partial charge on any atom is -0.464 e.